The van der Waals surface area contributed by atoms with Crippen molar-refractivity contribution in [2.75, 3.05) is 13.2 Å². The third kappa shape index (κ3) is 3.51. The summed E-state index contributed by atoms with van der Waals surface area (Å²) in [6.45, 7) is 5.36. The third-order valence-corrected chi connectivity index (χ3v) is 7.28. The minimum Gasteiger partial charge on any atom is -0.376 e. The normalized spacial score (nSPS) is 39.2. The van der Waals surface area contributed by atoms with Crippen LogP contribution in [-0.2, 0) is 14.3 Å². The number of rotatable bonds is 6. The second-order valence-corrected chi connectivity index (χ2v) is 9.77. The quantitative estimate of drug-likeness (QED) is 0.763. The Morgan fingerprint density at radius 3 is 2.19 bits per heavy atom. The molecular weight excluding hydrogens is 328 g/mol. The topological polar surface area (TPSA) is 67.4 Å². The Balaban J connectivity index is 1.38. The number of hydrogen-bond acceptors (Lipinski definition) is 3. The zero-order valence-corrected chi connectivity index (χ0v) is 16.3. The number of hydrogen-bond donors (Lipinski definition) is 2. The smallest absolute Gasteiger partial charge is 0.242 e. The molecule has 5 rings (SSSR count). The lowest BCUT2D eigenvalue weighted by Crippen LogP contribution is -2.58. The Kier molecular flexibility index (Phi) is 5.02. The Morgan fingerprint density at radius 2 is 1.69 bits per heavy atom. The lowest BCUT2D eigenvalue weighted by atomic mass is 9.49. The van der Waals surface area contributed by atoms with Crippen LogP contribution >= 0.6 is 0 Å². The van der Waals surface area contributed by atoms with E-state index in [-0.39, 0.29) is 29.3 Å². The van der Waals surface area contributed by atoms with Gasteiger partial charge >= 0.3 is 0 Å². The molecule has 2 atom stereocenters. The molecule has 1 saturated heterocycles. The first kappa shape index (κ1) is 18.3. The molecule has 5 heteroatoms. The second kappa shape index (κ2) is 7.14. The summed E-state index contributed by atoms with van der Waals surface area (Å²) in [5, 5.41) is 6.16. The lowest BCUT2D eigenvalue weighted by Gasteiger charge is -2.55. The predicted molar refractivity (Wildman–Crippen MR) is 99.4 cm³/mol. The SMILES string of the molecule is CC(C)[C@H](NC(=O)C12CC3CC(CC(C3)C1)C2)C(=O)NC[C@H]1CCCO1. The Labute approximate surface area is 157 Å². The first-order chi connectivity index (χ1) is 12.4. The molecule has 2 amide bonds. The van der Waals surface area contributed by atoms with Crippen LogP contribution in [0.15, 0.2) is 0 Å². The van der Waals surface area contributed by atoms with Crippen LogP contribution in [0.25, 0.3) is 0 Å². The van der Waals surface area contributed by atoms with E-state index in [2.05, 4.69) is 10.6 Å². The van der Waals surface area contributed by atoms with Gasteiger partial charge in [0.1, 0.15) is 6.04 Å². The van der Waals surface area contributed by atoms with Crippen molar-refractivity contribution in [2.24, 2.45) is 29.1 Å². The molecular formula is C21H34N2O3. The van der Waals surface area contributed by atoms with Crippen molar-refractivity contribution >= 4 is 11.8 Å². The van der Waals surface area contributed by atoms with Gasteiger partial charge in [-0.2, -0.15) is 0 Å². The molecule has 0 aromatic heterocycles. The van der Waals surface area contributed by atoms with Gasteiger partial charge in [0.15, 0.2) is 0 Å². The van der Waals surface area contributed by atoms with Gasteiger partial charge in [0, 0.05) is 18.6 Å². The average Bonchev–Trinajstić information content (AvgIpc) is 3.09. The predicted octanol–water partition coefficient (Wildman–Crippen LogP) is 2.64. The minimum absolute atomic E-state index is 0.0615. The molecule has 0 spiro atoms. The van der Waals surface area contributed by atoms with Gasteiger partial charge in [-0.15, -0.1) is 0 Å². The molecule has 1 heterocycles. The van der Waals surface area contributed by atoms with E-state index in [1.165, 1.54) is 19.3 Å². The summed E-state index contributed by atoms with van der Waals surface area (Å²) in [5.74, 6) is 2.36. The fraction of sp³-hybridized carbons (Fsp3) is 0.905. The van der Waals surface area contributed by atoms with E-state index < -0.39 is 6.04 Å². The van der Waals surface area contributed by atoms with Crippen molar-refractivity contribution in [2.45, 2.75) is 77.4 Å². The van der Waals surface area contributed by atoms with Crippen LogP contribution in [0.3, 0.4) is 0 Å². The minimum atomic E-state index is -0.447. The van der Waals surface area contributed by atoms with Gasteiger partial charge in [0.2, 0.25) is 11.8 Å². The molecule has 0 aromatic rings. The van der Waals surface area contributed by atoms with Crippen LogP contribution in [0, 0.1) is 29.1 Å². The highest BCUT2D eigenvalue weighted by Gasteiger charge is 2.55. The van der Waals surface area contributed by atoms with E-state index in [9.17, 15) is 9.59 Å². The third-order valence-electron chi connectivity index (χ3n) is 7.28. The monoisotopic (exact) mass is 362 g/mol. The van der Waals surface area contributed by atoms with Crippen molar-refractivity contribution in [1.29, 1.82) is 0 Å². The summed E-state index contributed by atoms with van der Waals surface area (Å²) < 4.78 is 5.59. The summed E-state index contributed by atoms with van der Waals surface area (Å²) in [5.41, 5.74) is -0.198. The van der Waals surface area contributed by atoms with Gasteiger partial charge in [-0.1, -0.05) is 13.8 Å². The summed E-state index contributed by atoms with van der Waals surface area (Å²) in [4.78, 5) is 26.0. The van der Waals surface area contributed by atoms with E-state index in [0.717, 1.165) is 56.5 Å². The number of carbonyl (C=O) groups is 2. The molecule has 2 N–H and O–H groups in total. The summed E-state index contributed by atoms with van der Waals surface area (Å²) in [6.07, 6.45) is 9.27. The largest absolute Gasteiger partial charge is 0.376 e. The summed E-state index contributed by atoms with van der Waals surface area (Å²) in [6, 6.07) is -0.447. The molecule has 4 bridgehead atoms. The zero-order chi connectivity index (χ0) is 18.3. The van der Waals surface area contributed by atoms with Crippen LogP contribution in [0.2, 0.25) is 0 Å². The van der Waals surface area contributed by atoms with Crippen LogP contribution in [-0.4, -0.2) is 37.1 Å². The van der Waals surface area contributed by atoms with Gasteiger partial charge in [0.05, 0.1) is 6.10 Å². The lowest BCUT2D eigenvalue weighted by molar-refractivity contribution is -0.149. The molecule has 4 saturated carbocycles. The number of carbonyl (C=O) groups excluding carboxylic acids is 2. The maximum absolute atomic E-state index is 13.3. The average molecular weight is 363 g/mol. The fourth-order valence-corrected chi connectivity index (χ4v) is 6.35. The number of amides is 2. The van der Waals surface area contributed by atoms with Crippen molar-refractivity contribution < 1.29 is 14.3 Å². The first-order valence-electron chi connectivity index (χ1n) is 10.7. The Hall–Kier alpha value is -1.10. The second-order valence-electron chi connectivity index (χ2n) is 9.77. The van der Waals surface area contributed by atoms with Gasteiger partial charge in [-0.25, -0.2) is 0 Å². The van der Waals surface area contributed by atoms with E-state index in [1.807, 2.05) is 13.8 Å². The molecule has 146 valence electrons. The van der Waals surface area contributed by atoms with Gasteiger partial charge in [0.25, 0.3) is 0 Å². The van der Waals surface area contributed by atoms with Gasteiger partial charge in [-0.3, -0.25) is 9.59 Å². The molecule has 4 aliphatic carbocycles. The number of ether oxygens (including phenoxy) is 1. The summed E-state index contributed by atoms with van der Waals surface area (Å²) >= 11 is 0. The molecule has 26 heavy (non-hydrogen) atoms. The highest BCUT2D eigenvalue weighted by Crippen LogP contribution is 2.60. The molecule has 0 unspecified atom stereocenters. The number of nitrogens with one attached hydrogen (secondary N) is 2. The molecule has 0 radical (unpaired) electrons. The van der Waals surface area contributed by atoms with Crippen LogP contribution in [0.4, 0.5) is 0 Å². The van der Waals surface area contributed by atoms with Crippen LogP contribution in [0.5, 0.6) is 0 Å². The van der Waals surface area contributed by atoms with Crippen molar-refractivity contribution in [3.63, 3.8) is 0 Å². The molecule has 1 aliphatic heterocycles. The highest BCUT2D eigenvalue weighted by molar-refractivity contribution is 5.90. The maximum atomic E-state index is 13.3. The zero-order valence-electron chi connectivity index (χ0n) is 16.3. The fourth-order valence-electron chi connectivity index (χ4n) is 6.35. The van der Waals surface area contributed by atoms with E-state index in [1.54, 1.807) is 0 Å². The van der Waals surface area contributed by atoms with E-state index in [0.29, 0.717) is 6.54 Å². The highest BCUT2D eigenvalue weighted by atomic mass is 16.5. The molecule has 5 aliphatic rings. The Bertz CT molecular complexity index is 518. The molecule has 0 aromatic carbocycles. The molecule has 5 nitrogen and oxygen atoms in total. The van der Waals surface area contributed by atoms with Crippen LogP contribution in [0.1, 0.15) is 65.2 Å². The van der Waals surface area contributed by atoms with Gasteiger partial charge < -0.3 is 15.4 Å². The maximum Gasteiger partial charge on any atom is 0.242 e. The van der Waals surface area contributed by atoms with Gasteiger partial charge in [-0.05, 0) is 75.0 Å². The molecule has 5 fully saturated rings. The van der Waals surface area contributed by atoms with Crippen molar-refractivity contribution in [1.82, 2.24) is 10.6 Å². The Morgan fingerprint density at radius 1 is 1.08 bits per heavy atom. The van der Waals surface area contributed by atoms with Crippen LogP contribution < -0.4 is 10.6 Å². The van der Waals surface area contributed by atoms with Crippen molar-refractivity contribution in [3.05, 3.63) is 0 Å². The van der Waals surface area contributed by atoms with E-state index in [4.69, 9.17) is 4.74 Å². The van der Waals surface area contributed by atoms with Crippen molar-refractivity contribution in [3.8, 4) is 0 Å². The summed E-state index contributed by atoms with van der Waals surface area (Å²) in [7, 11) is 0. The standard InChI is InChI=1S/C21H34N2O3/c1-13(2)18(19(24)22-12-17-4-3-5-26-17)23-20(25)21-9-14-6-15(10-21)8-16(7-14)11-21/h13-18H,3-12H2,1-2H3,(H,22,24)(H,23,25)/t14?,15?,16?,17-,18+,21?/m1/s1. The first-order valence-corrected chi connectivity index (χ1v) is 10.7. The van der Waals surface area contributed by atoms with E-state index >= 15 is 0 Å².